The molecule has 0 amide bonds. The number of carbonyl (C=O) groups is 1. The highest BCUT2D eigenvalue weighted by molar-refractivity contribution is 6.03. The summed E-state index contributed by atoms with van der Waals surface area (Å²) >= 11 is 0. The van der Waals surface area contributed by atoms with Crippen molar-refractivity contribution in [2.75, 3.05) is 13.7 Å². The van der Waals surface area contributed by atoms with Crippen LogP contribution in [0.25, 0.3) is 10.8 Å². The van der Waals surface area contributed by atoms with Gasteiger partial charge in [0.05, 0.1) is 13.7 Å². The predicted molar refractivity (Wildman–Crippen MR) is 76.8 cm³/mol. The van der Waals surface area contributed by atoms with Gasteiger partial charge in [0.15, 0.2) is 0 Å². The number of hydrogen-bond donors (Lipinski definition) is 2. The first kappa shape index (κ1) is 13.7. The van der Waals surface area contributed by atoms with Gasteiger partial charge >= 0.3 is 5.97 Å². The van der Waals surface area contributed by atoms with Crippen LogP contribution < -0.4 is 4.74 Å². The summed E-state index contributed by atoms with van der Waals surface area (Å²) in [6.45, 7) is 1.40. The van der Waals surface area contributed by atoms with Gasteiger partial charge in [-0.2, -0.15) is 0 Å². The Hall–Kier alpha value is -2.27. The minimum Gasteiger partial charge on any atom is -0.506 e. The molecular formula is C16H16O5. The van der Waals surface area contributed by atoms with Gasteiger partial charge in [-0.15, -0.1) is 0 Å². The van der Waals surface area contributed by atoms with E-state index in [1.165, 1.54) is 0 Å². The Morgan fingerprint density at radius 2 is 2.14 bits per heavy atom. The fourth-order valence-corrected chi connectivity index (χ4v) is 2.72. The quantitative estimate of drug-likeness (QED) is 0.827. The SMILES string of the molecule is COc1ccc2c(O)c3c(cc2c1)C[C@](C)(CO)OC3=O. The minimum absolute atomic E-state index is 0.0878. The van der Waals surface area contributed by atoms with Crippen molar-refractivity contribution >= 4 is 16.7 Å². The van der Waals surface area contributed by atoms with Crippen LogP contribution in [0.4, 0.5) is 0 Å². The monoisotopic (exact) mass is 288 g/mol. The van der Waals surface area contributed by atoms with Crippen LogP contribution in [0.15, 0.2) is 24.3 Å². The first-order valence-corrected chi connectivity index (χ1v) is 6.64. The van der Waals surface area contributed by atoms with E-state index in [-0.39, 0.29) is 17.9 Å². The zero-order chi connectivity index (χ0) is 15.2. The average molecular weight is 288 g/mol. The lowest BCUT2D eigenvalue weighted by Gasteiger charge is -2.33. The lowest BCUT2D eigenvalue weighted by molar-refractivity contribution is -0.0423. The van der Waals surface area contributed by atoms with E-state index in [1.54, 1.807) is 32.2 Å². The maximum atomic E-state index is 12.1. The van der Waals surface area contributed by atoms with Crippen molar-refractivity contribution in [3.05, 3.63) is 35.4 Å². The van der Waals surface area contributed by atoms with E-state index in [0.29, 0.717) is 23.1 Å². The summed E-state index contributed by atoms with van der Waals surface area (Å²) in [6, 6.07) is 7.06. The second kappa shape index (κ2) is 4.63. The summed E-state index contributed by atoms with van der Waals surface area (Å²) < 4.78 is 10.4. The zero-order valence-corrected chi connectivity index (χ0v) is 11.8. The van der Waals surface area contributed by atoms with E-state index in [4.69, 9.17) is 9.47 Å². The molecule has 0 aliphatic carbocycles. The molecule has 0 aromatic heterocycles. The molecule has 21 heavy (non-hydrogen) atoms. The fraction of sp³-hybridized carbons (Fsp3) is 0.312. The molecule has 0 bridgehead atoms. The lowest BCUT2D eigenvalue weighted by atomic mass is 9.88. The number of aliphatic hydroxyl groups is 1. The molecule has 5 heteroatoms. The summed E-state index contributed by atoms with van der Waals surface area (Å²) in [6.07, 6.45) is 0.352. The number of rotatable bonds is 2. The Morgan fingerprint density at radius 1 is 1.38 bits per heavy atom. The van der Waals surface area contributed by atoms with Crippen molar-refractivity contribution in [1.82, 2.24) is 0 Å². The number of carbonyl (C=O) groups excluding carboxylic acids is 1. The van der Waals surface area contributed by atoms with Gasteiger partial charge in [0, 0.05) is 11.8 Å². The second-order valence-corrected chi connectivity index (χ2v) is 5.52. The molecule has 1 aliphatic rings. The zero-order valence-electron chi connectivity index (χ0n) is 11.8. The summed E-state index contributed by atoms with van der Waals surface area (Å²) in [5.41, 5.74) is -0.108. The first-order valence-electron chi connectivity index (χ1n) is 6.64. The number of cyclic esters (lactones) is 1. The Morgan fingerprint density at radius 3 is 2.81 bits per heavy atom. The number of benzene rings is 2. The number of phenolic OH excluding ortho intramolecular Hbond substituents is 1. The normalized spacial score (nSPS) is 21.0. The molecule has 0 radical (unpaired) electrons. The maximum absolute atomic E-state index is 12.1. The highest BCUT2D eigenvalue weighted by Gasteiger charge is 2.38. The van der Waals surface area contributed by atoms with Crippen molar-refractivity contribution in [2.45, 2.75) is 18.9 Å². The summed E-state index contributed by atoms with van der Waals surface area (Å²) in [4.78, 5) is 12.1. The van der Waals surface area contributed by atoms with Gasteiger partial charge in [-0.25, -0.2) is 4.79 Å². The fourth-order valence-electron chi connectivity index (χ4n) is 2.72. The van der Waals surface area contributed by atoms with Gasteiger partial charge in [-0.3, -0.25) is 0 Å². The Balaban J connectivity index is 2.25. The van der Waals surface area contributed by atoms with Crippen LogP contribution in [-0.4, -0.2) is 35.5 Å². The van der Waals surface area contributed by atoms with E-state index >= 15 is 0 Å². The van der Waals surface area contributed by atoms with Crippen molar-refractivity contribution in [3.63, 3.8) is 0 Å². The minimum atomic E-state index is -0.955. The van der Waals surface area contributed by atoms with E-state index in [0.717, 1.165) is 5.39 Å². The topological polar surface area (TPSA) is 76.0 Å². The number of phenols is 1. The van der Waals surface area contributed by atoms with Crippen LogP contribution in [0.5, 0.6) is 11.5 Å². The molecule has 1 atom stereocenters. The molecule has 1 heterocycles. The molecule has 1 aliphatic heterocycles. The van der Waals surface area contributed by atoms with E-state index in [2.05, 4.69) is 0 Å². The van der Waals surface area contributed by atoms with Crippen LogP contribution in [0.1, 0.15) is 22.8 Å². The third-order valence-corrected chi connectivity index (χ3v) is 3.84. The van der Waals surface area contributed by atoms with Gasteiger partial charge in [0.25, 0.3) is 0 Å². The molecule has 110 valence electrons. The Kier molecular flexibility index (Phi) is 3.02. The second-order valence-electron chi connectivity index (χ2n) is 5.52. The third kappa shape index (κ3) is 2.10. The number of aliphatic hydroxyl groups excluding tert-OH is 1. The van der Waals surface area contributed by atoms with E-state index in [9.17, 15) is 15.0 Å². The van der Waals surface area contributed by atoms with Crippen molar-refractivity contribution in [3.8, 4) is 11.5 Å². The molecule has 0 unspecified atom stereocenters. The number of aromatic hydroxyl groups is 1. The van der Waals surface area contributed by atoms with Crippen LogP contribution in [0, 0.1) is 0 Å². The predicted octanol–water partition coefficient (Wildman–Crippen LogP) is 2.02. The molecule has 5 nitrogen and oxygen atoms in total. The van der Waals surface area contributed by atoms with Gasteiger partial charge < -0.3 is 19.7 Å². The van der Waals surface area contributed by atoms with Crippen LogP contribution in [0.3, 0.4) is 0 Å². The first-order chi connectivity index (χ1) is 9.97. The summed E-state index contributed by atoms with van der Waals surface area (Å²) in [7, 11) is 1.57. The standard InChI is InChI=1S/C16H16O5/c1-16(8-17)7-10-5-9-6-11(20-2)3-4-12(9)14(18)13(10)15(19)21-16/h3-6,17-18H,7-8H2,1-2H3/t16-/m1/s1. The van der Waals surface area contributed by atoms with Gasteiger partial charge in [-0.05, 0) is 42.1 Å². The van der Waals surface area contributed by atoms with Gasteiger partial charge in [0.2, 0.25) is 0 Å². The van der Waals surface area contributed by atoms with Crippen molar-refractivity contribution < 1.29 is 24.5 Å². The van der Waals surface area contributed by atoms with Crippen molar-refractivity contribution in [2.24, 2.45) is 0 Å². The number of fused-ring (bicyclic) bond motifs is 2. The highest BCUT2D eigenvalue weighted by atomic mass is 16.6. The maximum Gasteiger partial charge on any atom is 0.342 e. The van der Waals surface area contributed by atoms with Crippen LogP contribution in [-0.2, 0) is 11.2 Å². The molecular weight excluding hydrogens is 272 g/mol. The number of hydrogen-bond acceptors (Lipinski definition) is 5. The van der Waals surface area contributed by atoms with Gasteiger partial charge in [-0.1, -0.05) is 0 Å². The summed E-state index contributed by atoms with van der Waals surface area (Å²) in [5, 5.41) is 21.1. The molecule has 2 aromatic rings. The number of methoxy groups -OCH3 is 1. The third-order valence-electron chi connectivity index (χ3n) is 3.84. The molecule has 2 aromatic carbocycles. The van der Waals surface area contributed by atoms with E-state index in [1.807, 2.05) is 6.07 Å². The number of ether oxygens (including phenoxy) is 2. The van der Waals surface area contributed by atoms with Crippen LogP contribution in [0.2, 0.25) is 0 Å². The molecule has 3 rings (SSSR count). The average Bonchev–Trinajstić information content (AvgIpc) is 2.46. The largest absolute Gasteiger partial charge is 0.506 e. The molecule has 0 saturated carbocycles. The lowest BCUT2D eigenvalue weighted by Crippen LogP contribution is -2.42. The highest BCUT2D eigenvalue weighted by Crippen LogP contribution is 2.39. The molecule has 2 N–H and O–H groups in total. The molecule has 0 fully saturated rings. The Bertz CT molecular complexity index is 737. The van der Waals surface area contributed by atoms with Crippen LogP contribution >= 0.6 is 0 Å². The van der Waals surface area contributed by atoms with Crippen molar-refractivity contribution in [1.29, 1.82) is 0 Å². The van der Waals surface area contributed by atoms with Gasteiger partial charge in [0.1, 0.15) is 22.7 Å². The summed E-state index contributed by atoms with van der Waals surface area (Å²) in [5.74, 6) is -0.0247. The van der Waals surface area contributed by atoms with E-state index < -0.39 is 11.6 Å². The molecule has 0 saturated heterocycles. The smallest absolute Gasteiger partial charge is 0.342 e. The molecule has 0 spiro atoms. The Labute approximate surface area is 121 Å². The number of esters is 1.